The monoisotopic (exact) mass is 235 g/mol. The fourth-order valence-corrected chi connectivity index (χ4v) is 0.402. The molecule has 57 valence electrons. The molecule has 0 saturated carbocycles. The van der Waals surface area contributed by atoms with Gasteiger partial charge in [0.05, 0.1) is 0 Å². The van der Waals surface area contributed by atoms with Crippen molar-refractivity contribution >= 4 is 7.74 Å². The Bertz CT molecular complexity index is 85.4. The molecule has 0 atom stereocenters. The molecule has 1 radical (unpaired) electrons. The van der Waals surface area contributed by atoms with E-state index in [0.717, 1.165) is 0 Å². The first-order valence-corrected chi connectivity index (χ1v) is 3.06. The van der Waals surface area contributed by atoms with Gasteiger partial charge in [-0.05, 0) is 0 Å². The van der Waals surface area contributed by atoms with Crippen LogP contribution in [-0.4, -0.2) is 14.7 Å². The molecule has 0 aromatic heterocycles. The van der Waals surface area contributed by atoms with Gasteiger partial charge in [0.2, 0.25) is 0 Å². The van der Waals surface area contributed by atoms with E-state index < -0.39 is 7.74 Å². The summed E-state index contributed by atoms with van der Waals surface area (Å²) in [6.45, 7) is 0. The predicted molar refractivity (Wildman–Crippen MR) is 16.9 cm³/mol. The standard InChI is InChI=1S/Li.Mn.Ni.H3O5P.H/c;;;1-6(2,3)4-5-6;/h;;;1-3H;/q+1;;;;-1. The van der Waals surface area contributed by atoms with Crippen molar-refractivity contribution in [3.63, 3.8) is 0 Å². The topological polar surface area (TPSA) is 85.8 Å². The third-order valence-corrected chi connectivity index (χ3v) is 0.824. The zero-order chi connectivity index (χ0) is 4.86. The van der Waals surface area contributed by atoms with Gasteiger partial charge in [-0.25, -0.2) is 0 Å². The number of hydrogen-bond acceptors (Lipinski definition) is 5. The molecule has 0 unspecified atom stereocenters. The average molecular weight is 236 g/mol. The molecule has 9 heavy (non-hydrogen) atoms. The molecule has 5 nitrogen and oxygen atoms in total. The molecule has 0 aromatic carbocycles. The van der Waals surface area contributed by atoms with Crippen LogP contribution in [0.4, 0.5) is 0 Å². The molecule has 0 aromatic rings. The van der Waals surface area contributed by atoms with E-state index in [0.29, 0.717) is 0 Å². The normalized spacial score (nSPS) is 28.6. The van der Waals surface area contributed by atoms with Gasteiger partial charge >= 0.3 is 50.6 Å². The summed E-state index contributed by atoms with van der Waals surface area (Å²) in [6, 6.07) is 0. The molecule has 0 bridgehead atoms. The second-order valence-electron chi connectivity index (χ2n) is 0.982. The zero-order valence-electron chi connectivity index (χ0n) is 5.30. The maximum atomic E-state index is 7.89. The minimum atomic E-state index is -4.80. The number of rotatable bonds is 0. The van der Waals surface area contributed by atoms with Crippen LogP contribution in [0.5, 0.6) is 0 Å². The summed E-state index contributed by atoms with van der Waals surface area (Å²) >= 11 is 0. The van der Waals surface area contributed by atoms with Gasteiger partial charge in [-0.1, -0.05) is 0 Å². The largest absolute Gasteiger partial charge is 1.00 e. The molecule has 1 heterocycles. The first-order chi connectivity index (χ1) is 2.47. The van der Waals surface area contributed by atoms with Gasteiger partial charge in [0.15, 0.2) is 0 Å². The molecule has 3 N–H and O–H groups in total. The van der Waals surface area contributed by atoms with Crippen LogP contribution in [0.2, 0.25) is 0 Å². The number of hydrogen-bond donors (Lipinski definition) is 3. The van der Waals surface area contributed by atoms with Crippen LogP contribution < -0.4 is 18.9 Å². The molecule has 1 aliphatic rings. The van der Waals surface area contributed by atoms with Crippen LogP contribution in [0.1, 0.15) is 1.43 Å². The van der Waals surface area contributed by atoms with E-state index in [-0.39, 0.29) is 53.8 Å². The van der Waals surface area contributed by atoms with E-state index in [2.05, 4.69) is 9.35 Å². The summed E-state index contributed by atoms with van der Waals surface area (Å²) in [4.78, 5) is 23.7. The minimum Gasteiger partial charge on any atom is -1.00 e. The molecular weight excluding hydrogens is 232 g/mol. The van der Waals surface area contributed by atoms with E-state index in [1.807, 2.05) is 0 Å². The summed E-state index contributed by atoms with van der Waals surface area (Å²) in [5.41, 5.74) is 0. The van der Waals surface area contributed by atoms with Crippen molar-refractivity contribution in [1.29, 1.82) is 0 Å². The van der Waals surface area contributed by atoms with Gasteiger partial charge in [0.1, 0.15) is 0 Å². The van der Waals surface area contributed by atoms with Crippen molar-refractivity contribution < 1.29 is 77.9 Å². The van der Waals surface area contributed by atoms with Gasteiger partial charge < -0.3 is 1.43 Å². The van der Waals surface area contributed by atoms with Crippen molar-refractivity contribution in [1.82, 2.24) is 0 Å². The summed E-state index contributed by atoms with van der Waals surface area (Å²) in [7, 11) is -4.80. The third-order valence-electron chi connectivity index (χ3n) is 0.275. The fourth-order valence-electron chi connectivity index (χ4n) is 0.0447. The fraction of sp³-hybridized carbons (Fsp3) is 0. The third kappa shape index (κ3) is 7.74. The first-order valence-electron chi connectivity index (χ1n) is 1.13. The smallest absolute Gasteiger partial charge is 1.00 e. The molecule has 1 aliphatic heterocycles. The molecule has 0 amide bonds. The van der Waals surface area contributed by atoms with Crippen molar-refractivity contribution in [3.8, 4) is 0 Å². The molecule has 1 rings (SSSR count). The Kier molecular flexibility index (Phi) is 7.62. The van der Waals surface area contributed by atoms with Gasteiger partial charge in [0.25, 0.3) is 0 Å². The Morgan fingerprint density at radius 3 is 1.22 bits per heavy atom. The first kappa shape index (κ1) is 17.1. The average Bonchev–Trinajstić information content (AvgIpc) is 1.73. The summed E-state index contributed by atoms with van der Waals surface area (Å²) in [6.07, 6.45) is 0. The van der Waals surface area contributed by atoms with Crippen molar-refractivity contribution in [2.24, 2.45) is 0 Å². The van der Waals surface area contributed by atoms with Crippen molar-refractivity contribution in [2.45, 2.75) is 0 Å². The maximum Gasteiger partial charge on any atom is 1.00 e. The summed E-state index contributed by atoms with van der Waals surface area (Å²) < 4.78 is 6.76. The van der Waals surface area contributed by atoms with Crippen LogP contribution >= 0.6 is 7.74 Å². The molecule has 1 saturated heterocycles. The Labute approximate surface area is 85.4 Å². The summed E-state index contributed by atoms with van der Waals surface area (Å²) in [5.74, 6) is 0. The zero-order valence-corrected chi connectivity index (χ0v) is 7.36. The predicted octanol–water partition coefficient (Wildman–Crippen LogP) is -3.84. The Morgan fingerprint density at radius 1 is 1.11 bits per heavy atom. The van der Waals surface area contributed by atoms with E-state index in [1.165, 1.54) is 0 Å². The molecule has 9 heteroatoms. The minimum absolute atomic E-state index is 0. The van der Waals surface area contributed by atoms with Crippen LogP contribution in [0.3, 0.4) is 0 Å². The Hall–Kier alpha value is 1.84. The van der Waals surface area contributed by atoms with Crippen molar-refractivity contribution in [3.05, 3.63) is 0 Å². The summed E-state index contributed by atoms with van der Waals surface area (Å²) in [5, 5.41) is 0. The van der Waals surface area contributed by atoms with E-state index >= 15 is 0 Å². The van der Waals surface area contributed by atoms with Crippen LogP contribution in [0.15, 0.2) is 0 Å². The Morgan fingerprint density at radius 2 is 1.22 bits per heavy atom. The Balaban J connectivity index is -0.0000000450. The SMILES string of the molecule is OP1(O)(O)OO1.[H-].[Li+].[Mn].[Ni]. The quantitative estimate of drug-likeness (QED) is 0.173. The second-order valence-corrected chi connectivity index (χ2v) is 2.95. The van der Waals surface area contributed by atoms with Gasteiger partial charge in [-0.2, -0.15) is 0 Å². The van der Waals surface area contributed by atoms with Gasteiger partial charge in [-0.15, -0.1) is 0 Å². The van der Waals surface area contributed by atoms with Crippen LogP contribution in [0.25, 0.3) is 0 Å². The van der Waals surface area contributed by atoms with Gasteiger partial charge in [-0.3, -0.25) is 0 Å². The molecule has 0 spiro atoms. The molecular formula is H4LiMnNiO5P. The van der Waals surface area contributed by atoms with Crippen molar-refractivity contribution in [2.75, 3.05) is 0 Å². The van der Waals surface area contributed by atoms with Crippen LogP contribution in [-0.2, 0) is 42.9 Å². The van der Waals surface area contributed by atoms with Gasteiger partial charge in [0, 0.05) is 33.6 Å². The van der Waals surface area contributed by atoms with E-state index in [4.69, 9.17) is 14.7 Å². The maximum absolute atomic E-state index is 7.89. The van der Waals surface area contributed by atoms with E-state index in [9.17, 15) is 0 Å². The molecule has 1 fully saturated rings. The van der Waals surface area contributed by atoms with Crippen LogP contribution in [0, 0.1) is 0 Å². The van der Waals surface area contributed by atoms with E-state index in [1.54, 1.807) is 0 Å². The second kappa shape index (κ2) is 4.01. The molecule has 0 aliphatic carbocycles.